The van der Waals surface area contributed by atoms with Crippen molar-refractivity contribution in [2.45, 2.75) is 13.3 Å². The first-order chi connectivity index (χ1) is 6.83. The molecule has 0 unspecified atom stereocenters. The summed E-state index contributed by atoms with van der Waals surface area (Å²) in [6.45, 7) is 2.14. The lowest BCUT2D eigenvalue weighted by Gasteiger charge is -2.01. The van der Waals surface area contributed by atoms with Crippen molar-refractivity contribution in [1.82, 2.24) is 0 Å². The summed E-state index contributed by atoms with van der Waals surface area (Å²) in [5.74, 6) is 0. The summed E-state index contributed by atoms with van der Waals surface area (Å²) in [6.07, 6.45) is 1.05. The summed E-state index contributed by atoms with van der Waals surface area (Å²) in [5, 5.41) is 11.1. The highest BCUT2D eigenvalue weighted by atomic mass is 14.2. The number of benzene rings is 2. The van der Waals surface area contributed by atoms with Crippen LogP contribution in [0.2, 0.25) is 0 Å². The smallest absolute Gasteiger partial charge is 0.0991 e. The van der Waals surface area contributed by atoms with Crippen LogP contribution in [0.3, 0.4) is 0 Å². The summed E-state index contributed by atoms with van der Waals surface area (Å²) < 4.78 is 0. The second kappa shape index (κ2) is 3.51. The van der Waals surface area contributed by atoms with E-state index in [1.54, 1.807) is 0 Å². The Morgan fingerprint density at radius 1 is 1.07 bits per heavy atom. The Morgan fingerprint density at radius 3 is 2.50 bits per heavy atom. The monoisotopic (exact) mass is 181 g/mol. The lowest BCUT2D eigenvalue weighted by Crippen LogP contribution is -1.81. The van der Waals surface area contributed by atoms with E-state index in [1.807, 2.05) is 18.2 Å². The van der Waals surface area contributed by atoms with Gasteiger partial charge in [0.05, 0.1) is 11.6 Å². The van der Waals surface area contributed by atoms with Gasteiger partial charge in [-0.15, -0.1) is 0 Å². The zero-order chi connectivity index (χ0) is 9.97. The third-order valence-corrected chi connectivity index (χ3v) is 2.44. The summed E-state index contributed by atoms with van der Waals surface area (Å²) in [5.41, 5.74) is 2.06. The molecular formula is C13H11N. The molecule has 0 aliphatic heterocycles. The number of rotatable bonds is 1. The van der Waals surface area contributed by atoms with Gasteiger partial charge in [0.2, 0.25) is 0 Å². The van der Waals surface area contributed by atoms with Crippen molar-refractivity contribution in [3.8, 4) is 6.07 Å². The largest absolute Gasteiger partial charge is 0.192 e. The Balaban J connectivity index is 2.64. The lowest BCUT2D eigenvalue weighted by atomic mass is 10.0. The van der Waals surface area contributed by atoms with E-state index in [-0.39, 0.29) is 0 Å². The second-order valence-corrected chi connectivity index (χ2v) is 3.36. The molecule has 1 heteroatoms. The quantitative estimate of drug-likeness (QED) is 0.662. The van der Waals surface area contributed by atoms with E-state index >= 15 is 0 Å². The van der Waals surface area contributed by atoms with Crippen LogP contribution in [0.15, 0.2) is 36.4 Å². The van der Waals surface area contributed by atoms with Crippen LogP contribution in [0.5, 0.6) is 0 Å². The Kier molecular flexibility index (Phi) is 2.20. The number of nitriles is 1. The average Bonchev–Trinajstić information content (AvgIpc) is 2.27. The third-order valence-electron chi connectivity index (χ3n) is 2.44. The van der Waals surface area contributed by atoms with Gasteiger partial charge >= 0.3 is 0 Å². The molecule has 0 saturated heterocycles. The fourth-order valence-electron chi connectivity index (χ4n) is 1.58. The number of nitrogens with zero attached hydrogens (tertiary/aromatic N) is 1. The van der Waals surface area contributed by atoms with Crippen molar-refractivity contribution in [3.05, 3.63) is 47.5 Å². The van der Waals surface area contributed by atoms with Crippen molar-refractivity contribution in [2.75, 3.05) is 0 Å². The molecule has 0 N–H and O–H groups in total. The highest BCUT2D eigenvalue weighted by Crippen LogP contribution is 2.17. The Labute approximate surface area is 83.6 Å². The van der Waals surface area contributed by atoms with Crippen LogP contribution in [-0.4, -0.2) is 0 Å². The van der Waals surface area contributed by atoms with Crippen LogP contribution in [0.4, 0.5) is 0 Å². The highest BCUT2D eigenvalue weighted by Gasteiger charge is 1.96. The van der Waals surface area contributed by atoms with Crippen LogP contribution >= 0.6 is 0 Å². The maximum absolute atomic E-state index is 8.75. The van der Waals surface area contributed by atoms with Crippen LogP contribution < -0.4 is 0 Å². The molecule has 0 spiro atoms. The first kappa shape index (κ1) is 8.77. The number of aryl methyl sites for hydroxylation is 1. The molecular weight excluding hydrogens is 170 g/mol. The van der Waals surface area contributed by atoms with Crippen molar-refractivity contribution >= 4 is 10.8 Å². The SMILES string of the molecule is CCc1ccc2cc(C#N)ccc2c1. The molecule has 0 saturated carbocycles. The fourth-order valence-corrected chi connectivity index (χ4v) is 1.58. The third kappa shape index (κ3) is 1.47. The topological polar surface area (TPSA) is 23.8 Å². The molecule has 0 aromatic heterocycles. The molecule has 0 aliphatic carbocycles. The van der Waals surface area contributed by atoms with Gasteiger partial charge in [0.1, 0.15) is 0 Å². The minimum absolute atomic E-state index is 0.724. The van der Waals surface area contributed by atoms with E-state index < -0.39 is 0 Å². The summed E-state index contributed by atoms with van der Waals surface area (Å²) in [6, 6.07) is 14.3. The second-order valence-electron chi connectivity index (χ2n) is 3.36. The molecule has 2 aromatic carbocycles. The van der Waals surface area contributed by atoms with E-state index in [0.717, 1.165) is 17.4 Å². The molecule has 14 heavy (non-hydrogen) atoms. The first-order valence-electron chi connectivity index (χ1n) is 4.76. The van der Waals surface area contributed by atoms with E-state index in [0.29, 0.717) is 0 Å². The predicted octanol–water partition coefficient (Wildman–Crippen LogP) is 3.27. The fraction of sp³-hybridized carbons (Fsp3) is 0.154. The molecule has 0 radical (unpaired) electrons. The number of hydrogen-bond acceptors (Lipinski definition) is 1. The van der Waals surface area contributed by atoms with Gasteiger partial charge in [0.25, 0.3) is 0 Å². The molecule has 0 fully saturated rings. The summed E-state index contributed by atoms with van der Waals surface area (Å²) in [7, 11) is 0. The molecule has 0 aliphatic rings. The van der Waals surface area contributed by atoms with Gasteiger partial charge in [-0.25, -0.2) is 0 Å². The Hall–Kier alpha value is -1.81. The van der Waals surface area contributed by atoms with Crippen molar-refractivity contribution in [3.63, 3.8) is 0 Å². The molecule has 68 valence electrons. The molecule has 0 heterocycles. The van der Waals surface area contributed by atoms with Crippen molar-refractivity contribution in [2.24, 2.45) is 0 Å². The normalized spacial score (nSPS) is 10.0. The molecule has 0 bridgehead atoms. The van der Waals surface area contributed by atoms with E-state index in [1.165, 1.54) is 10.9 Å². The minimum atomic E-state index is 0.724. The Morgan fingerprint density at radius 2 is 1.79 bits per heavy atom. The maximum atomic E-state index is 8.75. The van der Waals surface area contributed by atoms with Gasteiger partial charge in [-0.3, -0.25) is 0 Å². The van der Waals surface area contributed by atoms with Gasteiger partial charge in [0, 0.05) is 0 Å². The van der Waals surface area contributed by atoms with Crippen LogP contribution in [0.25, 0.3) is 10.8 Å². The highest BCUT2D eigenvalue weighted by molar-refractivity contribution is 5.84. The van der Waals surface area contributed by atoms with Crippen molar-refractivity contribution < 1.29 is 0 Å². The first-order valence-corrected chi connectivity index (χ1v) is 4.76. The zero-order valence-electron chi connectivity index (χ0n) is 8.12. The van der Waals surface area contributed by atoms with Gasteiger partial charge in [-0.2, -0.15) is 5.26 Å². The zero-order valence-corrected chi connectivity index (χ0v) is 8.12. The van der Waals surface area contributed by atoms with E-state index in [9.17, 15) is 0 Å². The van der Waals surface area contributed by atoms with E-state index in [4.69, 9.17) is 5.26 Å². The summed E-state index contributed by atoms with van der Waals surface area (Å²) >= 11 is 0. The maximum Gasteiger partial charge on any atom is 0.0991 e. The molecule has 2 rings (SSSR count). The van der Waals surface area contributed by atoms with Gasteiger partial charge in [0.15, 0.2) is 0 Å². The van der Waals surface area contributed by atoms with Crippen LogP contribution in [-0.2, 0) is 6.42 Å². The molecule has 2 aromatic rings. The molecule has 1 nitrogen and oxygen atoms in total. The van der Waals surface area contributed by atoms with Gasteiger partial charge in [-0.1, -0.05) is 31.2 Å². The molecule has 0 atom stereocenters. The van der Waals surface area contributed by atoms with Crippen LogP contribution in [0.1, 0.15) is 18.1 Å². The van der Waals surface area contributed by atoms with Gasteiger partial charge < -0.3 is 0 Å². The Bertz CT molecular complexity index is 506. The van der Waals surface area contributed by atoms with E-state index in [2.05, 4.69) is 31.2 Å². The summed E-state index contributed by atoms with van der Waals surface area (Å²) in [4.78, 5) is 0. The number of hydrogen-bond donors (Lipinski definition) is 0. The standard InChI is InChI=1S/C13H11N/c1-2-10-3-5-13-8-11(9-14)4-6-12(13)7-10/h3-8H,2H2,1H3. The lowest BCUT2D eigenvalue weighted by molar-refractivity contribution is 1.15. The number of fused-ring (bicyclic) bond motifs is 1. The van der Waals surface area contributed by atoms with Crippen molar-refractivity contribution in [1.29, 1.82) is 5.26 Å². The predicted molar refractivity (Wildman–Crippen MR) is 58.0 cm³/mol. The van der Waals surface area contributed by atoms with Gasteiger partial charge in [-0.05, 0) is 34.9 Å². The average molecular weight is 181 g/mol. The molecule has 0 amide bonds. The minimum Gasteiger partial charge on any atom is -0.192 e. The van der Waals surface area contributed by atoms with Crippen LogP contribution in [0, 0.1) is 11.3 Å².